The summed E-state index contributed by atoms with van der Waals surface area (Å²) in [6.07, 6.45) is 0.980. The third-order valence-corrected chi connectivity index (χ3v) is 8.26. The van der Waals surface area contributed by atoms with Crippen LogP contribution in [0.4, 0.5) is 24.8 Å². The molecule has 3 heterocycles. The highest BCUT2D eigenvalue weighted by Gasteiger charge is 2.40. The minimum Gasteiger partial charge on any atom is -0.374 e. The Balaban J connectivity index is 1.59. The summed E-state index contributed by atoms with van der Waals surface area (Å²) >= 11 is 0. The van der Waals surface area contributed by atoms with Gasteiger partial charge in [0.2, 0.25) is 15.8 Å². The van der Waals surface area contributed by atoms with Gasteiger partial charge < -0.3 is 19.3 Å². The zero-order valence-electron chi connectivity index (χ0n) is 20.3. The van der Waals surface area contributed by atoms with E-state index in [0.717, 1.165) is 38.4 Å². The third-order valence-electron chi connectivity index (χ3n) is 6.99. The second-order valence-electron chi connectivity index (χ2n) is 9.57. The highest BCUT2D eigenvalue weighted by Crippen LogP contribution is 2.37. The zero-order valence-corrected chi connectivity index (χ0v) is 21.1. The van der Waals surface area contributed by atoms with Crippen molar-refractivity contribution in [2.45, 2.75) is 56.9 Å². The molecule has 198 valence electrons. The molecular formula is C22H34F3N5O4S. The normalized spacial score (nSPS) is 24.0. The second kappa shape index (κ2) is 10.3. The lowest BCUT2D eigenvalue weighted by molar-refractivity contribution is -0.144. The first-order valence-electron chi connectivity index (χ1n) is 12.2. The lowest BCUT2D eigenvalue weighted by Gasteiger charge is -2.45. The summed E-state index contributed by atoms with van der Waals surface area (Å²) < 4.78 is 78.4. The van der Waals surface area contributed by atoms with E-state index in [1.807, 2.05) is 11.8 Å². The van der Waals surface area contributed by atoms with Gasteiger partial charge in [-0.05, 0) is 19.8 Å². The van der Waals surface area contributed by atoms with E-state index < -0.39 is 28.1 Å². The fraction of sp³-hybridized carbons (Fsp3) is 0.818. The Morgan fingerprint density at radius 2 is 1.91 bits per heavy atom. The smallest absolute Gasteiger partial charge is 0.374 e. The van der Waals surface area contributed by atoms with Crippen LogP contribution in [0.25, 0.3) is 0 Å². The van der Waals surface area contributed by atoms with Crippen LogP contribution < -0.4 is 9.80 Å². The molecule has 1 aliphatic carbocycles. The minimum absolute atomic E-state index is 0.144. The fourth-order valence-electron chi connectivity index (χ4n) is 5.15. The summed E-state index contributed by atoms with van der Waals surface area (Å²) in [6.45, 7) is 4.43. The number of rotatable bonds is 6. The lowest BCUT2D eigenvalue weighted by atomic mass is 9.83. The Morgan fingerprint density at radius 3 is 2.57 bits per heavy atom. The van der Waals surface area contributed by atoms with Gasteiger partial charge >= 0.3 is 6.18 Å². The molecule has 13 heteroatoms. The molecule has 0 bridgehead atoms. The Labute approximate surface area is 204 Å². The first-order chi connectivity index (χ1) is 16.5. The molecule has 1 saturated carbocycles. The van der Waals surface area contributed by atoms with Crippen LogP contribution in [-0.2, 0) is 25.7 Å². The molecule has 0 aromatic carbocycles. The highest BCUT2D eigenvalue weighted by atomic mass is 32.2. The van der Waals surface area contributed by atoms with Gasteiger partial charge in [-0.1, -0.05) is 19.3 Å². The van der Waals surface area contributed by atoms with E-state index in [4.69, 9.17) is 9.47 Å². The van der Waals surface area contributed by atoms with Gasteiger partial charge in [-0.2, -0.15) is 17.5 Å². The monoisotopic (exact) mass is 521 g/mol. The molecule has 1 aromatic heterocycles. The Morgan fingerprint density at radius 1 is 1.17 bits per heavy atom. The first kappa shape index (κ1) is 26.4. The molecule has 1 aromatic rings. The summed E-state index contributed by atoms with van der Waals surface area (Å²) in [7, 11) is -3.39. The number of halogens is 3. The molecule has 9 nitrogen and oxygen atoms in total. The van der Waals surface area contributed by atoms with Crippen molar-refractivity contribution < 1.29 is 31.1 Å². The number of aromatic nitrogens is 2. The molecule has 0 amide bonds. The number of ether oxygens (including phenoxy) is 2. The lowest BCUT2D eigenvalue weighted by Crippen LogP contribution is -2.53. The third kappa shape index (κ3) is 6.36. The second-order valence-corrected chi connectivity index (χ2v) is 11.6. The Kier molecular flexibility index (Phi) is 7.79. The van der Waals surface area contributed by atoms with Crippen molar-refractivity contribution in [1.29, 1.82) is 0 Å². The maximum absolute atomic E-state index is 13.8. The van der Waals surface area contributed by atoms with Crippen molar-refractivity contribution in [3.05, 3.63) is 11.9 Å². The van der Waals surface area contributed by atoms with Crippen LogP contribution in [0.1, 0.15) is 44.9 Å². The topological polar surface area (TPSA) is 88.1 Å². The predicted octanol–water partition coefficient (Wildman–Crippen LogP) is 2.52. The number of hydrogen-bond donors (Lipinski definition) is 0. The standard InChI is InChI=1S/C22H34F3N5O4S/c1-3-28(14-17-15-30(10-11-33-17)35(2,31)32)18-13-19(27-20(26-18)22(23,24)25)29-9-12-34-21(16-29)7-5-4-6-8-21/h13,17H,3-12,14-16H2,1-2H3. The zero-order chi connectivity index (χ0) is 25.3. The number of hydrogen-bond acceptors (Lipinski definition) is 8. The molecule has 3 aliphatic rings. The van der Waals surface area contributed by atoms with Crippen molar-refractivity contribution in [2.24, 2.45) is 0 Å². The maximum Gasteiger partial charge on any atom is 0.451 e. The molecule has 1 unspecified atom stereocenters. The summed E-state index contributed by atoms with van der Waals surface area (Å²) in [5.41, 5.74) is -0.338. The number of likely N-dealkylation sites (N-methyl/N-ethyl adjacent to an activating group) is 1. The molecule has 2 saturated heterocycles. The SMILES string of the molecule is CCN(CC1CN(S(C)(=O)=O)CCO1)c1cc(N2CCOC3(CCCCC3)C2)nc(C(F)(F)F)n1. The van der Waals surface area contributed by atoms with Gasteiger partial charge in [-0.3, -0.25) is 0 Å². The van der Waals surface area contributed by atoms with E-state index in [-0.39, 0.29) is 43.5 Å². The van der Waals surface area contributed by atoms with E-state index >= 15 is 0 Å². The van der Waals surface area contributed by atoms with Gasteiger partial charge in [0.05, 0.1) is 31.2 Å². The van der Waals surface area contributed by atoms with Crippen molar-refractivity contribution in [3.63, 3.8) is 0 Å². The fourth-order valence-corrected chi connectivity index (χ4v) is 5.99. The molecule has 35 heavy (non-hydrogen) atoms. The largest absolute Gasteiger partial charge is 0.451 e. The molecule has 0 radical (unpaired) electrons. The average Bonchev–Trinajstić information content (AvgIpc) is 2.82. The van der Waals surface area contributed by atoms with Gasteiger partial charge in [-0.15, -0.1) is 0 Å². The van der Waals surface area contributed by atoms with Gasteiger partial charge in [0.1, 0.15) is 11.6 Å². The van der Waals surface area contributed by atoms with Gasteiger partial charge in [-0.25, -0.2) is 18.4 Å². The number of morpholine rings is 2. The van der Waals surface area contributed by atoms with E-state index in [1.165, 1.54) is 4.31 Å². The summed E-state index contributed by atoms with van der Waals surface area (Å²) in [4.78, 5) is 11.3. The molecule has 3 fully saturated rings. The van der Waals surface area contributed by atoms with Gasteiger partial charge in [0, 0.05) is 45.3 Å². The quantitative estimate of drug-likeness (QED) is 0.565. The molecule has 0 N–H and O–H groups in total. The van der Waals surface area contributed by atoms with Crippen LogP contribution in [0.2, 0.25) is 0 Å². The number of sulfonamides is 1. The van der Waals surface area contributed by atoms with Crippen LogP contribution in [0.3, 0.4) is 0 Å². The van der Waals surface area contributed by atoms with Crippen LogP contribution in [0.15, 0.2) is 6.07 Å². The van der Waals surface area contributed by atoms with Crippen molar-refractivity contribution in [1.82, 2.24) is 14.3 Å². The van der Waals surface area contributed by atoms with E-state index in [9.17, 15) is 21.6 Å². The summed E-state index contributed by atoms with van der Waals surface area (Å²) in [5.74, 6) is -0.805. The van der Waals surface area contributed by atoms with Crippen LogP contribution in [0.5, 0.6) is 0 Å². The molecule has 4 rings (SSSR count). The molecule has 1 atom stereocenters. The molecule has 2 aliphatic heterocycles. The van der Waals surface area contributed by atoms with Gasteiger partial charge in [0.15, 0.2) is 0 Å². The summed E-state index contributed by atoms with van der Waals surface area (Å²) in [6, 6.07) is 1.59. The van der Waals surface area contributed by atoms with Crippen LogP contribution >= 0.6 is 0 Å². The first-order valence-corrected chi connectivity index (χ1v) is 14.0. The number of nitrogens with zero attached hydrogens (tertiary/aromatic N) is 5. The number of anilines is 2. The van der Waals surface area contributed by atoms with E-state index in [1.54, 1.807) is 11.0 Å². The highest BCUT2D eigenvalue weighted by molar-refractivity contribution is 7.88. The average molecular weight is 522 g/mol. The van der Waals surface area contributed by atoms with Crippen molar-refractivity contribution in [3.8, 4) is 0 Å². The summed E-state index contributed by atoms with van der Waals surface area (Å²) in [5, 5.41) is 0. The van der Waals surface area contributed by atoms with Crippen molar-refractivity contribution in [2.75, 3.05) is 68.5 Å². The number of alkyl halides is 3. The molecule has 1 spiro atoms. The Bertz CT molecular complexity index is 982. The molecular weight excluding hydrogens is 487 g/mol. The maximum atomic E-state index is 13.8. The Hall–Kier alpha value is -1.70. The van der Waals surface area contributed by atoms with Crippen molar-refractivity contribution >= 4 is 21.7 Å². The predicted molar refractivity (Wildman–Crippen MR) is 125 cm³/mol. The van der Waals surface area contributed by atoms with E-state index in [2.05, 4.69) is 9.97 Å². The van der Waals surface area contributed by atoms with E-state index in [0.29, 0.717) is 26.2 Å². The van der Waals surface area contributed by atoms with Crippen LogP contribution in [-0.4, -0.2) is 93.1 Å². The minimum atomic E-state index is -4.70. The van der Waals surface area contributed by atoms with Crippen LogP contribution in [0, 0.1) is 0 Å². The van der Waals surface area contributed by atoms with Gasteiger partial charge in [0.25, 0.3) is 0 Å².